The van der Waals surface area contributed by atoms with Crippen molar-refractivity contribution in [2.45, 2.75) is 51.7 Å². The van der Waals surface area contributed by atoms with Gasteiger partial charge in [0.05, 0.1) is 17.9 Å². The second kappa shape index (κ2) is 10.0. The molecular formula is C26H36F2N4O4. The number of anilines is 1. The molecule has 0 saturated carbocycles. The molecule has 3 saturated heterocycles. The SMILES string of the molecule is CCC(C)(C)[C@H](C(=O)N1C[C@H](C(F)F)[C@H]2OCC(=O)[C@H]21)c1cc(N2CCN(C)CC2)ccc1C(N)=O. The molecule has 3 aliphatic rings. The van der Waals surface area contributed by atoms with Crippen LogP contribution in [0.4, 0.5) is 14.5 Å². The lowest BCUT2D eigenvalue weighted by Gasteiger charge is -2.38. The van der Waals surface area contributed by atoms with Crippen LogP contribution in [0, 0.1) is 11.3 Å². The molecule has 2 amide bonds. The first kappa shape index (κ1) is 26.5. The molecule has 8 nitrogen and oxygen atoms in total. The van der Waals surface area contributed by atoms with E-state index >= 15 is 0 Å². The molecule has 0 spiro atoms. The number of ether oxygens (including phenoxy) is 1. The Morgan fingerprint density at radius 3 is 2.44 bits per heavy atom. The zero-order chi connectivity index (χ0) is 26.4. The number of amides is 2. The van der Waals surface area contributed by atoms with Gasteiger partial charge in [-0.05, 0) is 42.6 Å². The predicted molar refractivity (Wildman–Crippen MR) is 131 cm³/mol. The Bertz CT molecular complexity index is 1030. The Kier molecular flexibility index (Phi) is 7.39. The van der Waals surface area contributed by atoms with E-state index in [0.29, 0.717) is 12.0 Å². The molecule has 0 bridgehead atoms. The number of piperazine rings is 1. The van der Waals surface area contributed by atoms with Crippen molar-refractivity contribution in [2.24, 2.45) is 17.1 Å². The van der Waals surface area contributed by atoms with E-state index in [1.54, 1.807) is 6.07 Å². The molecule has 0 aliphatic carbocycles. The molecule has 36 heavy (non-hydrogen) atoms. The lowest BCUT2D eigenvalue weighted by Crippen LogP contribution is -2.47. The number of halogens is 2. The van der Waals surface area contributed by atoms with Crippen molar-refractivity contribution in [3.63, 3.8) is 0 Å². The van der Waals surface area contributed by atoms with Crippen molar-refractivity contribution in [2.75, 3.05) is 51.3 Å². The summed E-state index contributed by atoms with van der Waals surface area (Å²) in [4.78, 5) is 45.0. The third-order valence-electron chi connectivity index (χ3n) is 8.25. The molecule has 198 valence electrons. The first-order chi connectivity index (χ1) is 17.0. The van der Waals surface area contributed by atoms with E-state index in [-0.39, 0.29) is 24.5 Å². The maximum Gasteiger partial charge on any atom is 0.249 e. The van der Waals surface area contributed by atoms with Gasteiger partial charge in [-0.1, -0.05) is 20.8 Å². The number of likely N-dealkylation sites (tertiary alicyclic amines) is 1. The number of Topliss-reactive ketones (excluding diaryl/α,β-unsaturated/α-hetero) is 1. The number of benzene rings is 1. The minimum absolute atomic E-state index is 0.225. The molecule has 2 N–H and O–H groups in total. The summed E-state index contributed by atoms with van der Waals surface area (Å²) in [6, 6.07) is 4.29. The van der Waals surface area contributed by atoms with Gasteiger partial charge in [-0.3, -0.25) is 14.4 Å². The van der Waals surface area contributed by atoms with E-state index in [1.807, 2.05) is 32.9 Å². The normalized spacial score (nSPS) is 26.0. The van der Waals surface area contributed by atoms with E-state index in [1.165, 1.54) is 4.90 Å². The lowest BCUT2D eigenvalue weighted by atomic mass is 9.71. The topological polar surface area (TPSA) is 96.2 Å². The maximum absolute atomic E-state index is 14.2. The molecule has 3 heterocycles. The van der Waals surface area contributed by atoms with Crippen LogP contribution in [0.1, 0.15) is 49.0 Å². The third-order valence-corrected chi connectivity index (χ3v) is 8.25. The number of primary amides is 1. The molecule has 3 aliphatic heterocycles. The quantitative estimate of drug-likeness (QED) is 0.609. The molecule has 4 rings (SSSR count). The van der Waals surface area contributed by atoms with Crippen LogP contribution in [0.2, 0.25) is 0 Å². The van der Waals surface area contributed by atoms with E-state index in [4.69, 9.17) is 10.5 Å². The van der Waals surface area contributed by atoms with Crippen molar-refractivity contribution in [1.82, 2.24) is 9.80 Å². The number of hydrogen-bond donors (Lipinski definition) is 1. The molecule has 0 aromatic heterocycles. The molecular weight excluding hydrogens is 470 g/mol. The Morgan fingerprint density at radius 1 is 1.19 bits per heavy atom. The summed E-state index contributed by atoms with van der Waals surface area (Å²) in [5, 5.41) is 0. The smallest absolute Gasteiger partial charge is 0.249 e. The summed E-state index contributed by atoms with van der Waals surface area (Å²) in [5.74, 6) is -3.57. The Morgan fingerprint density at radius 2 is 1.86 bits per heavy atom. The van der Waals surface area contributed by atoms with Crippen LogP contribution in [0.3, 0.4) is 0 Å². The number of likely N-dealkylation sites (N-methyl/N-ethyl adjacent to an activating group) is 1. The van der Waals surface area contributed by atoms with Gasteiger partial charge in [0.2, 0.25) is 18.2 Å². The van der Waals surface area contributed by atoms with Crippen LogP contribution < -0.4 is 10.6 Å². The van der Waals surface area contributed by atoms with E-state index < -0.39 is 47.6 Å². The van der Waals surface area contributed by atoms with Gasteiger partial charge in [-0.2, -0.15) is 0 Å². The summed E-state index contributed by atoms with van der Waals surface area (Å²) in [6.45, 7) is 8.55. The number of fused-ring (bicyclic) bond motifs is 1. The Hall–Kier alpha value is -2.59. The minimum Gasteiger partial charge on any atom is -0.369 e. The zero-order valence-corrected chi connectivity index (χ0v) is 21.4. The minimum atomic E-state index is -2.72. The highest BCUT2D eigenvalue weighted by atomic mass is 19.3. The van der Waals surface area contributed by atoms with E-state index in [0.717, 1.165) is 31.9 Å². The van der Waals surface area contributed by atoms with Crippen molar-refractivity contribution >= 4 is 23.3 Å². The number of hydrogen-bond acceptors (Lipinski definition) is 6. The van der Waals surface area contributed by atoms with Crippen LogP contribution in [-0.2, 0) is 14.3 Å². The highest BCUT2D eigenvalue weighted by molar-refractivity contribution is 5.99. The number of rotatable bonds is 7. The van der Waals surface area contributed by atoms with Gasteiger partial charge in [0.1, 0.15) is 12.6 Å². The molecule has 0 radical (unpaired) electrons. The summed E-state index contributed by atoms with van der Waals surface area (Å²) >= 11 is 0. The lowest BCUT2D eigenvalue weighted by molar-refractivity contribution is -0.140. The average Bonchev–Trinajstić information content (AvgIpc) is 3.40. The second-order valence-electron chi connectivity index (χ2n) is 10.9. The zero-order valence-electron chi connectivity index (χ0n) is 21.4. The van der Waals surface area contributed by atoms with Crippen LogP contribution >= 0.6 is 0 Å². The fraction of sp³-hybridized carbons (Fsp3) is 0.654. The van der Waals surface area contributed by atoms with Crippen molar-refractivity contribution in [3.8, 4) is 0 Å². The first-order valence-electron chi connectivity index (χ1n) is 12.6. The van der Waals surface area contributed by atoms with Crippen LogP contribution in [-0.4, -0.2) is 92.3 Å². The van der Waals surface area contributed by atoms with Gasteiger partial charge in [0.25, 0.3) is 0 Å². The molecule has 4 atom stereocenters. The molecule has 1 aromatic carbocycles. The molecule has 1 aromatic rings. The summed E-state index contributed by atoms with van der Waals surface area (Å²) in [6.07, 6.45) is -3.16. The third kappa shape index (κ3) is 4.72. The number of carbonyl (C=O) groups excluding carboxylic acids is 3. The van der Waals surface area contributed by atoms with Gasteiger partial charge in [-0.15, -0.1) is 0 Å². The maximum atomic E-state index is 14.2. The van der Waals surface area contributed by atoms with Crippen molar-refractivity contribution in [3.05, 3.63) is 29.3 Å². The number of nitrogens with two attached hydrogens (primary N) is 1. The number of carbonyl (C=O) groups is 3. The number of ketones is 1. The van der Waals surface area contributed by atoms with Crippen LogP contribution in [0.25, 0.3) is 0 Å². The van der Waals surface area contributed by atoms with Crippen molar-refractivity contribution in [1.29, 1.82) is 0 Å². The second-order valence-corrected chi connectivity index (χ2v) is 10.9. The highest BCUT2D eigenvalue weighted by Gasteiger charge is 2.56. The first-order valence-corrected chi connectivity index (χ1v) is 12.6. The largest absolute Gasteiger partial charge is 0.369 e. The van der Waals surface area contributed by atoms with Crippen LogP contribution in [0.15, 0.2) is 18.2 Å². The summed E-state index contributed by atoms with van der Waals surface area (Å²) < 4.78 is 33.0. The van der Waals surface area contributed by atoms with E-state index in [2.05, 4.69) is 16.8 Å². The highest BCUT2D eigenvalue weighted by Crippen LogP contribution is 2.45. The van der Waals surface area contributed by atoms with Crippen LogP contribution in [0.5, 0.6) is 0 Å². The van der Waals surface area contributed by atoms with Gasteiger partial charge in [0.15, 0.2) is 5.78 Å². The van der Waals surface area contributed by atoms with Crippen molar-refractivity contribution < 1.29 is 27.9 Å². The summed E-state index contributed by atoms with van der Waals surface area (Å²) in [7, 11) is 2.06. The predicted octanol–water partition coefficient (Wildman–Crippen LogP) is 2.12. The van der Waals surface area contributed by atoms with Gasteiger partial charge < -0.3 is 25.2 Å². The Balaban J connectivity index is 1.78. The fourth-order valence-electron chi connectivity index (χ4n) is 5.67. The number of alkyl halides is 2. The van der Waals surface area contributed by atoms with E-state index in [9.17, 15) is 23.2 Å². The van der Waals surface area contributed by atoms with Gasteiger partial charge >= 0.3 is 0 Å². The average molecular weight is 507 g/mol. The Labute approximate surface area is 210 Å². The molecule has 3 fully saturated rings. The fourth-order valence-corrected chi connectivity index (χ4v) is 5.67. The molecule has 0 unspecified atom stereocenters. The standard InChI is InChI=1S/C26H36F2N4O4/c1-5-26(2,3)20(25(35)32-13-18(23(27)28)22-21(32)19(33)14-36-22)17-12-15(6-7-16(17)24(29)34)31-10-8-30(4)9-11-31/h6-7,12,18,20-23H,5,8-11,13-14H2,1-4H3,(H2,29,34)/t18-,20-,21+,22+/m0/s1. The van der Waals surface area contributed by atoms with Gasteiger partial charge in [0, 0.05) is 44.0 Å². The van der Waals surface area contributed by atoms with Gasteiger partial charge in [-0.25, -0.2) is 8.78 Å². The summed E-state index contributed by atoms with van der Waals surface area (Å²) in [5.41, 5.74) is 6.67. The number of nitrogens with zero attached hydrogens (tertiary/aromatic N) is 3. The molecule has 10 heteroatoms. The monoisotopic (exact) mass is 506 g/mol.